The van der Waals surface area contributed by atoms with Crippen molar-refractivity contribution in [1.29, 1.82) is 0 Å². The molecule has 0 aliphatic carbocycles. The van der Waals surface area contributed by atoms with Gasteiger partial charge in [-0.25, -0.2) is 0 Å². The van der Waals surface area contributed by atoms with Crippen molar-refractivity contribution in [3.63, 3.8) is 0 Å². The Morgan fingerprint density at radius 2 is 1.87 bits per heavy atom. The normalized spacial score (nSPS) is 10.8. The van der Waals surface area contributed by atoms with Gasteiger partial charge in [-0.05, 0) is 32.2 Å². The molecule has 0 N–H and O–H groups in total. The van der Waals surface area contributed by atoms with Crippen molar-refractivity contribution in [2.24, 2.45) is 0 Å². The summed E-state index contributed by atoms with van der Waals surface area (Å²) in [7, 11) is 0. The van der Waals surface area contributed by atoms with Gasteiger partial charge < -0.3 is 9.64 Å². The number of carbonyl (C=O) groups is 2. The van der Waals surface area contributed by atoms with Crippen LogP contribution in [0.4, 0.5) is 11.4 Å². The van der Waals surface area contributed by atoms with Crippen molar-refractivity contribution in [3.05, 3.63) is 64.0 Å². The van der Waals surface area contributed by atoms with E-state index in [1.54, 1.807) is 4.90 Å². The molecular formula is C21H22N4O5. The summed E-state index contributed by atoms with van der Waals surface area (Å²) < 4.78 is 6.34. The topological polar surface area (TPSA) is 108 Å². The monoisotopic (exact) mass is 410 g/mol. The molecule has 3 rings (SSSR count). The molecule has 0 atom stereocenters. The predicted molar refractivity (Wildman–Crippen MR) is 111 cm³/mol. The standard InChI is InChI=1S/C21H22N4O5/c1-4-23(18-11-7-9-16-8-5-6-10-17(16)18)19(26)13-30-20(27)12-24-15(3)21(25(28)29)14(2)22-24/h5-11H,4,12-13H2,1-3H3. The van der Waals surface area contributed by atoms with Gasteiger partial charge in [0.05, 0.1) is 10.6 Å². The molecule has 1 amide bonds. The van der Waals surface area contributed by atoms with E-state index in [0.717, 1.165) is 16.5 Å². The third kappa shape index (κ3) is 4.14. The minimum atomic E-state index is -0.696. The summed E-state index contributed by atoms with van der Waals surface area (Å²) in [5.74, 6) is -1.06. The van der Waals surface area contributed by atoms with Crippen LogP contribution in [0.2, 0.25) is 0 Å². The molecule has 0 spiro atoms. The highest BCUT2D eigenvalue weighted by Crippen LogP contribution is 2.27. The van der Waals surface area contributed by atoms with E-state index in [4.69, 9.17) is 4.74 Å². The van der Waals surface area contributed by atoms with Crippen molar-refractivity contribution in [2.45, 2.75) is 27.3 Å². The van der Waals surface area contributed by atoms with E-state index in [9.17, 15) is 19.7 Å². The summed E-state index contributed by atoms with van der Waals surface area (Å²) in [6.07, 6.45) is 0. The number of nitrogens with zero attached hydrogens (tertiary/aromatic N) is 4. The van der Waals surface area contributed by atoms with Gasteiger partial charge in [0.2, 0.25) is 0 Å². The number of nitro groups is 1. The van der Waals surface area contributed by atoms with Crippen LogP contribution in [0.3, 0.4) is 0 Å². The zero-order chi connectivity index (χ0) is 21.8. The average Bonchev–Trinajstić information content (AvgIpc) is 3.00. The second-order valence-corrected chi connectivity index (χ2v) is 6.73. The number of likely N-dealkylation sites (N-methyl/N-ethyl adjacent to an activating group) is 1. The Morgan fingerprint density at radius 1 is 1.17 bits per heavy atom. The number of aryl methyl sites for hydroxylation is 1. The largest absolute Gasteiger partial charge is 0.454 e. The molecule has 156 valence electrons. The molecule has 1 aromatic heterocycles. The van der Waals surface area contributed by atoms with Gasteiger partial charge in [-0.3, -0.25) is 24.4 Å². The number of benzene rings is 2. The highest BCUT2D eigenvalue weighted by Gasteiger charge is 2.24. The Bertz CT molecular complexity index is 1120. The van der Waals surface area contributed by atoms with Crippen molar-refractivity contribution in [1.82, 2.24) is 9.78 Å². The van der Waals surface area contributed by atoms with E-state index in [1.165, 1.54) is 18.5 Å². The number of carbonyl (C=O) groups excluding carboxylic acids is 2. The minimum Gasteiger partial charge on any atom is -0.454 e. The van der Waals surface area contributed by atoms with E-state index in [2.05, 4.69) is 5.10 Å². The molecule has 30 heavy (non-hydrogen) atoms. The van der Waals surface area contributed by atoms with Crippen LogP contribution in [0, 0.1) is 24.0 Å². The molecule has 2 aromatic carbocycles. The van der Waals surface area contributed by atoms with Gasteiger partial charge in [0, 0.05) is 11.9 Å². The number of esters is 1. The first-order valence-corrected chi connectivity index (χ1v) is 9.45. The van der Waals surface area contributed by atoms with Crippen LogP contribution in [0.1, 0.15) is 18.3 Å². The number of hydrogen-bond acceptors (Lipinski definition) is 6. The summed E-state index contributed by atoms with van der Waals surface area (Å²) in [5, 5.41) is 17.0. The van der Waals surface area contributed by atoms with E-state index < -0.39 is 17.5 Å². The van der Waals surface area contributed by atoms with Crippen molar-refractivity contribution < 1.29 is 19.2 Å². The molecule has 0 saturated heterocycles. The summed E-state index contributed by atoms with van der Waals surface area (Å²) in [4.78, 5) is 37.0. The van der Waals surface area contributed by atoms with Gasteiger partial charge in [-0.15, -0.1) is 0 Å². The van der Waals surface area contributed by atoms with Crippen LogP contribution < -0.4 is 4.90 Å². The van der Waals surface area contributed by atoms with Gasteiger partial charge in [0.1, 0.15) is 17.9 Å². The Kier molecular flexibility index (Phi) is 6.10. The highest BCUT2D eigenvalue weighted by molar-refractivity contribution is 6.04. The third-order valence-corrected chi connectivity index (χ3v) is 4.84. The Morgan fingerprint density at radius 3 is 2.53 bits per heavy atom. The van der Waals surface area contributed by atoms with Crippen LogP contribution in [0.15, 0.2) is 42.5 Å². The van der Waals surface area contributed by atoms with Crippen molar-refractivity contribution in [3.8, 4) is 0 Å². The molecule has 0 aliphatic rings. The maximum Gasteiger partial charge on any atom is 0.328 e. The number of ether oxygens (including phenoxy) is 1. The fourth-order valence-electron chi connectivity index (χ4n) is 3.42. The number of anilines is 1. The maximum atomic E-state index is 12.7. The molecule has 9 heteroatoms. The maximum absolute atomic E-state index is 12.7. The lowest BCUT2D eigenvalue weighted by atomic mass is 10.1. The summed E-state index contributed by atoms with van der Waals surface area (Å²) in [5.41, 5.74) is 1.08. The van der Waals surface area contributed by atoms with Gasteiger partial charge in [0.25, 0.3) is 5.91 Å². The Hall–Kier alpha value is -3.75. The quantitative estimate of drug-likeness (QED) is 0.336. The first kappa shape index (κ1) is 21.0. The van der Waals surface area contributed by atoms with Gasteiger partial charge in [0.15, 0.2) is 6.61 Å². The predicted octanol–water partition coefficient (Wildman–Crippen LogP) is 3.16. The Labute approximate surface area is 173 Å². The zero-order valence-electron chi connectivity index (χ0n) is 17.0. The lowest BCUT2D eigenvalue weighted by Crippen LogP contribution is -2.35. The van der Waals surface area contributed by atoms with Crippen LogP contribution in [0.25, 0.3) is 10.8 Å². The van der Waals surface area contributed by atoms with Crippen molar-refractivity contribution in [2.75, 3.05) is 18.1 Å². The number of hydrogen-bond donors (Lipinski definition) is 0. The fourth-order valence-corrected chi connectivity index (χ4v) is 3.42. The Balaban J connectivity index is 1.69. The van der Waals surface area contributed by atoms with Crippen LogP contribution in [-0.2, 0) is 20.9 Å². The second-order valence-electron chi connectivity index (χ2n) is 6.73. The van der Waals surface area contributed by atoms with Crippen LogP contribution >= 0.6 is 0 Å². The molecule has 0 bridgehead atoms. The number of aromatic nitrogens is 2. The first-order valence-electron chi connectivity index (χ1n) is 9.45. The van der Waals surface area contributed by atoms with Crippen LogP contribution in [-0.4, -0.2) is 39.7 Å². The average molecular weight is 410 g/mol. The van der Waals surface area contributed by atoms with E-state index in [0.29, 0.717) is 6.54 Å². The molecular weight excluding hydrogens is 388 g/mol. The summed E-state index contributed by atoms with van der Waals surface area (Å²) in [6, 6.07) is 13.4. The van der Waals surface area contributed by atoms with E-state index in [1.807, 2.05) is 49.4 Å². The lowest BCUT2D eigenvalue weighted by molar-refractivity contribution is -0.386. The van der Waals surface area contributed by atoms with Gasteiger partial charge >= 0.3 is 11.7 Å². The molecule has 0 fully saturated rings. The van der Waals surface area contributed by atoms with Gasteiger partial charge in [-0.2, -0.15) is 5.10 Å². The van der Waals surface area contributed by atoms with Crippen molar-refractivity contribution >= 4 is 34.0 Å². The summed E-state index contributed by atoms with van der Waals surface area (Å²) >= 11 is 0. The molecule has 3 aromatic rings. The third-order valence-electron chi connectivity index (χ3n) is 4.84. The molecule has 0 aliphatic heterocycles. The SMILES string of the molecule is CCN(C(=O)COC(=O)Cn1nc(C)c([N+](=O)[O-])c1C)c1cccc2ccccc12. The molecule has 0 unspecified atom stereocenters. The summed E-state index contributed by atoms with van der Waals surface area (Å²) in [6.45, 7) is 4.52. The van der Waals surface area contributed by atoms with E-state index in [-0.39, 0.29) is 29.5 Å². The first-order chi connectivity index (χ1) is 14.3. The lowest BCUT2D eigenvalue weighted by Gasteiger charge is -2.22. The zero-order valence-corrected chi connectivity index (χ0v) is 17.0. The number of fused-ring (bicyclic) bond motifs is 1. The molecule has 0 saturated carbocycles. The molecule has 9 nitrogen and oxygen atoms in total. The van der Waals surface area contributed by atoms with Gasteiger partial charge in [-0.1, -0.05) is 36.4 Å². The van der Waals surface area contributed by atoms with E-state index >= 15 is 0 Å². The number of amides is 1. The smallest absolute Gasteiger partial charge is 0.328 e. The second kappa shape index (κ2) is 8.73. The molecule has 0 radical (unpaired) electrons. The fraction of sp³-hybridized carbons (Fsp3) is 0.286. The minimum absolute atomic E-state index is 0.132. The van der Waals surface area contributed by atoms with Crippen LogP contribution in [0.5, 0.6) is 0 Å². The number of rotatable bonds is 7. The molecule has 1 heterocycles. The highest BCUT2D eigenvalue weighted by atomic mass is 16.6.